The van der Waals surface area contributed by atoms with Crippen LogP contribution in [0.1, 0.15) is 16.2 Å². The van der Waals surface area contributed by atoms with E-state index in [1.807, 2.05) is 0 Å². The minimum atomic E-state index is -1.04. The second kappa shape index (κ2) is 5.96. The number of methoxy groups -OCH3 is 1. The van der Waals surface area contributed by atoms with E-state index < -0.39 is 5.97 Å². The molecule has 1 aromatic carbocycles. The van der Waals surface area contributed by atoms with Crippen LogP contribution in [0.4, 0.5) is 0 Å². The number of aryl methyl sites for hydroxylation is 1. The van der Waals surface area contributed by atoms with Crippen LogP contribution < -0.4 is 9.47 Å². The van der Waals surface area contributed by atoms with Gasteiger partial charge in [-0.1, -0.05) is 0 Å². The smallest absolute Gasteiger partial charge is 0.355 e. The standard InChI is InChI=1S/C13H13BrN2O4/c1-16-12(13(17)18)11(14)10(15-16)7-20-9-5-3-8(19-2)4-6-9/h3-6H,7H2,1-2H3,(H,17,18). The first kappa shape index (κ1) is 14.4. The molecule has 0 aliphatic heterocycles. The molecule has 0 atom stereocenters. The van der Waals surface area contributed by atoms with Gasteiger partial charge in [-0.25, -0.2) is 4.79 Å². The molecule has 0 radical (unpaired) electrons. The Morgan fingerprint density at radius 2 is 1.95 bits per heavy atom. The van der Waals surface area contributed by atoms with Crippen LogP contribution in [0.25, 0.3) is 0 Å². The van der Waals surface area contributed by atoms with E-state index in [4.69, 9.17) is 14.6 Å². The van der Waals surface area contributed by atoms with Gasteiger partial charge in [-0.15, -0.1) is 0 Å². The number of aromatic carboxylic acids is 1. The topological polar surface area (TPSA) is 73.6 Å². The highest BCUT2D eigenvalue weighted by molar-refractivity contribution is 9.10. The van der Waals surface area contributed by atoms with E-state index in [0.717, 1.165) is 5.75 Å². The van der Waals surface area contributed by atoms with E-state index in [0.29, 0.717) is 15.9 Å². The lowest BCUT2D eigenvalue weighted by Gasteiger charge is -2.05. The van der Waals surface area contributed by atoms with Crippen molar-refractivity contribution in [3.05, 3.63) is 40.1 Å². The number of carboxylic acid groups (broad SMARTS) is 1. The number of halogens is 1. The number of benzene rings is 1. The van der Waals surface area contributed by atoms with E-state index in [1.165, 1.54) is 4.68 Å². The van der Waals surface area contributed by atoms with Crippen LogP contribution in [0.3, 0.4) is 0 Å². The second-order valence-electron chi connectivity index (χ2n) is 4.00. The van der Waals surface area contributed by atoms with E-state index >= 15 is 0 Å². The van der Waals surface area contributed by atoms with Crippen LogP contribution in [-0.2, 0) is 13.7 Å². The lowest BCUT2D eigenvalue weighted by molar-refractivity contribution is 0.0684. The maximum atomic E-state index is 11.1. The van der Waals surface area contributed by atoms with Gasteiger partial charge in [-0.2, -0.15) is 5.10 Å². The fourth-order valence-electron chi connectivity index (χ4n) is 1.70. The molecule has 1 aromatic heterocycles. The highest BCUT2D eigenvalue weighted by Crippen LogP contribution is 2.23. The molecule has 106 valence electrons. The van der Waals surface area contributed by atoms with Crippen LogP contribution in [0.5, 0.6) is 11.5 Å². The fraction of sp³-hybridized carbons (Fsp3) is 0.231. The molecule has 1 heterocycles. The minimum absolute atomic E-state index is 0.0957. The molecule has 0 aliphatic rings. The molecule has 0 amide bonds. The van der Waals surface area contributed by atoms with E-state index in [9.17, 15) is 4.79 Å². The number of hydrogen-bond donors (Lipinski definition) is 1. The van der Waals surface area contributed by atoms with Crippen molar-refractivity contribution in [2.45, 2.75) is 6.61 Å². The molecule has 2 aromatic rings. The average Bonchev–Trinajstić information content (AvgIpc) is 2.71. The van der Waals surface area contributed by atoms with Gasteiger partial charge >= 0.3 is 5.97 Å². The van der Waals surface area contributed by atoms with Gasteiger partial charge < -0.3 is 14.6 Å². The summed E-state index contributed by atoms with van der Waals surface area (Å²) in [7, 11) is 3.17. The van der Waals surface area contributed by atoms with Crippen molar-refractivity contribution in [1.82, 2.24) is 9.78 Å². The largest absolute Gasteiger partial charge is 0.497 e. The molecule has 7 heteroatoms. The summed E-state index contributed by atoms with van der Waals surface area (Å²) in [5.74, 6) is 0.354. The van der Waals surface area contributed by atoms with Crippen molar-refractivity contribution in [2.75, 3.05) is 7.11 Å². The van der Waals surface area contributed by atoms with Gasteiger partial charge in [-0.3, -0.25) is 4.68 Å². The fourth-order valence-corrected chi connectivity index (χ4v) is 2.32. The number of rotatable bonds is 5. The van der Waals surface area contributed by atoms with Crippen molar-refractivity contribution >= 4 is 21.9 Å². The second-order valence-corrected chi connectivity index (χ2v) is 4.80. The van der Waals surface area contributed by atoms with Crippen molar-refractivity contribution in [3.8, 4) is 11.5 Å². The molecule has 0 saturated heterocycles. The van der Waals surface area contributed by atoms with Gasteiger partial charge in [-0.05, 0) is 40.2 Å². The highest BCUT2D eigenvalue weighted by Gasteiger charge is 2.19. The highest BCUT2D eigenvalue weighted by atomic mass is 79.9. The van der Waals surface area contributed by atoms with Gasteiger partial charge in [0, 0.05) is 7.05 Å². The van der Waals surface area contributed by atoms with E-state index in [2.05, 4.69) is 21.0 Å². The third-order valence-corrected chi connectivity index (χ3v) is 3.53. The lowest BCUT2D eigenvalue weighted by Crippen LogP contribution is -2.05. The predicted molar refractivity (Wildman–Crippen MR) is 75.2 cm³/mol. The quantitative estimate of drug-likeness (QED) is 0.904. The lowest BCUT2D eigenvalue weighted by atomic mass is 10.3. The number of hydrogen-bond acceptors (Lipinski definition) is 4. The Morgan fingerprint density at radius 3 is 2.45 bits per heavy atom. The summed E-state index contributed by atoms with van der Waals surface area (Å²) in [6.07, 6.45) is 0. The van der Waals surface area contributed by atoms with Crippen LogP contribution >= 0.6 is 15.9 Å². The van der Waals surface area contributed by atoms with Crippen molar-refractivity contribution in [3.63, 3.8) is 0 Å². The summed E-state index contributed by atoms with van der Waals surface area (Å²) in [5, 5.41) is 13.2. The van der Waals surface area contributed by atoms with Crippen molar-refractivity contribution < 1.29 is 19.4 Å². The molecule has 1 N–H and O–H groups in total. The first-order valence-corrected chi connectivity index (χ1v) is 6.53. The van der Waals surface area contributed by atoms with Crippen LogP contribution in [0, 0.1) is 0 Å². The summed E-state index contributed by atoms with van der Waals surface area (Å²) in [4.78, 5) is 11.1. The zero-order chi connectivity index (χ0) is 14.7. The molecule has 6 nitrogen and oxygen atoms in total. The summed E-state index contributed by atoms with van der Waals surface area (Å²) in [5.41, 5.74) is 0.624. The molecule has 0 aliphatic carbocycles. The Morgan fingerprint density at radius 1 is 1.35 bits per heavy atom. The summed E-state index contributed by atoms with van der Waals surface area (Å²) >= 11 is 3.23. The summed E-state index contributed by atoms with van der Waals surface area (Å²) < 4.78 is 12.4. The summed E-state index contributed by atoms with van der Waals surface area (Å²) in [6, 6.07) is 7.11. The zero-order valence-electron chi connectivity index (χ0n) is 11.0. The first-order chi connectivity index (χ1) is 9.52. The molecule has 0 unspecified atom stereocenters. The van der Waals surface area contributed by atoms with Crippen molar-refractivity contribution in [2.24, 2.45) is 7.05 Å². The molecule has 0 bridgehead atoms. The monoisotopic (exact) mass is 340 g/mol. The van der Waals surface area contributed by atoms with Gasteiger partial charge in [0.2, 0.25) is 0 Å². The first-order valence-electron chi connectivity index (χ1n) is 5.74. The number of aromatic nitrogens is 2. The van der Waals surface area contributed by atoms with Gasteiger partial charge in [0.25, 0.3) is 0 Å². The molecule has 2 rings (SSSR count). The Hall–Kier alpha value is -2.02. The predicted octanol–water partition coefficient (Wildman–Crippen LogP) is 2.47. The molecule has 20 heavy (non-hydrogen) atoms. The third kappa shape index (κ3) is 2.93. The Bertz CT molecular complexity index is 622. The normalized spacial score (nSPS) is 10.3. The van der Waals surface area contributed by atoms with Crippen LogP contribution in [0.2, 0.25) is 0 Å². The van der Waals surface area contributed by atoms with E-state index in [1.54, 1.807) is 38.4 Å². The minimum Gasteiger partial charge on any atom is -0.497 e. The zero-order valence-corrected chi connectivity index (χ0v) is 12.5. The SMILES string of the molecule is COc1ccc(OCc2nn(C)c(C(=O)O)c2Br)cc1. The maximum absolute atomic E-state index is 11.1. The van der Waals surface area contributed by atoms with Crippen LogP contribution in [-0.4, -0.2) is 28.0 Å². The Labute approximate surface area is 124 Å². The molecule has 0 saturated carbocycles. The van der Waals surface area contributed by atoms with Gasteiger partial charge in [0.15, 0.2) is 5.69 Å². The Kier molecular flexibility index (Phi) is 4.29. The van der Waals surface area contributed by atoms with E-state index in [-0.39, 0.29) is 12.3 Å². The molecule has 0 fully saturated rings. The number of carboxylic acids is 1. The molecular weight excluding hydrogens is 328 g/mol. The molecular formula is C13H13BrN2O4. The maximum Gasteiger partial charge on any atom is 0.355 e. The Balaban J connectivity index is 2.10. The van der Waals surface area contributed by atoms with Crippen LogP contribution in [0.15, 0.2) is 28.7 Å². The van der Waals surface area contributed by atoms with Gasteiger partial charge in [0.05, 0.1) is 11.6 Å². The average molecular weight is 341 g/mol. The van der Waals surface area contributed by atoms with Gasteiger partial charge in [0.1, 0.15) is 23.8 Å². The van der Waals surface area contributed by atoms with Crippen molar-refractivity contribution in [1.29, 1.82) is 0 Å². The summed E-state index contributed by atoms with van der Waals surface area (Å²) in [6.45, 7) is 0.175. The number of nitrogens with zero attached hydrogens (tertiary/aromatic N) is 2. The number of ether oxygens (including phenoxy) is 2. The number of carbonyl (C=O) groups is 1. The molecule has 0 spiro atoms. The third-order valence-electron chi connectivity index (χ3n) is 2.69.